The van der Waals surface area contributed by atoms with Gasteiger partial charge < -0.3 is 15.1 Å². The van der Waals surface area contributed by atoms with Crippen LogP contribution in [0, 0.1) is 11.8 Å². The van der Waals surface area contributed by atoms with E-state index in [4.69, 9.17) is 5.11 Å². The number of rotatable bonds is 6. The molecular formula is C12H23NO4. The third kappa shape index (κ3) is 3.43. The molecule has 0 radical (unpaired) electrons. The number of aliphatic hydroxyl groups is 1. The summed E-state index contributed by atoms with van der Waals surface area (Å²) in [5.41, 5.74) is -2.12. The van der Waals surface area contributed by atoms with Crippen molar-refractivity contribution in [2.24, 2.45) is 11.8 Å². The Morgan fingerprint density at radius 1 is 1.29 bits per heavy atom. The second-order valence-electron chi connectivity index (χ2n) is 4.89. The molecule has 0 heterocycles. The summed E-state index contributed by atoms with van der Waals surface area (Å²) < 4.78 is 0. The SMILES string of the molecule is CC[C@H](C)[C@@](O)(C(=O)O)N(C)C(=O)CC(C)C. The number of hydrogen-bond acceptors (Lipinski definition) is 3. The molecule has 0 aromatic rings. The molecule has 0 aromatic carbocycles. The lowest BCUT2D eigenvalue weighted by molar-refractivity contribution is -0.196. The third-order valence-electron chi connectivity index (χ3n) is 3.08. The summed E-state index contributed by atoms with van der Waals surface area (Å²) in [5.74, 6) is -2.14. The van der Waals surface area contributed by atoms with Gasteiger partial charge in [0.2, 0.25) is 11.6 Å². The van der Waals surface area contributed by atoms with Crippen LogP contribution in [0.5, 0.6) is 0 Å². The lowest BCUT2D eigenvalue weighted by Crippen LogP contribution is -2.59. The van der Waals surface area contributed by atoms with Gasteiger partial charge >= 0.3 is 5.97 Å². The van der Waals surface area contributed by atoms with Crippen LogP contribution in [-0.2, 0) is 9.59 Å². The smallest absolute Gasteiger partial charge is 0.357 e. The van der Waals surface area contributed by atoms with Crippen molar-refractivity contribution in [2.75, 3.05) is 7.05 Å². The topological polar surface area (TPSA) is 77.8 Å². The maximum absolute atomic E-state index is 11.8. The number of aliphatic carboxylic acids is 1. The van der Waals surface area contributed by atoms with Gasteiger partial charge in [0.15, 0.2) is 0 Å². The van der Waals surface area contributed by atoms with Crippen LogP contribution in [0.25, 0.3) is 0 Å². The maximum atomic E-state index is 11.8. The van der Waals surface area contributed by atoms with E-state index in [1.807, 2.05) is 13.8 Å². The number of carbonyl (C=O) groups excluding carboxylic acids is 1. The summed E-state index contributed by atoms with van der Waals surface area (Å²) in [6.07, 6.45) is 0.699. The monoisotopic (exact) mass is 245 g/mol. The van der Waals surface area contributed by atoms with E-state index < -0.39 is 17.6 Å². The second-order valence-corrected chi connectivity index (χ2v) is 4.89. The molecule has 0 aliphatic rings. The molecule has 0 saturated carbocycles. The van der Waals surface area contributed by atoms with Gasteiger partial charge in [0.1, 0.15) is 0 Å². The van der Waals surface area contributed by atoms with Gasteiger partial charge in [-0.15, -0.1) is 0 Å². The zero-order valence-electron chi connectivity index (χ0n) is 11.2. The molecule has 17 heavy (non-hydrogen) atoms. The van der Waals surface area contributed by atoms with Crippen molar-refractivity contribution in [3.8, 4) is 0 Å². The first-order valence-corrected chi connectivity index (χ1v) is 5.90. The lowest BCUT2D eigenvalue weighted by atomic mass is 9.93. The number of amides is 1. The second kappa shape index (κ2) is 6.00. The predicted octanol–water partition coefficient (Wildman–Crippen LogP) is 1.31. The van der Waals surface area contributed by atoms with Crippen molar-refractivity contribution in [1.82, 2.24) is 4.90 Å². The highest BCUT2D eigenvalue weighted by Crippen LogP contribution is 2.25. The molecule has 0 fully saturated rings. The number of likely N-dealkylation sites (N-methyl/N-ethyl adjacent to an activating group) is 1. The molecule has 0 aromatic heterocycles. The largest absolute Gasteiger partial charge is 0.478 e. The summed E-state index contributed by atoms with van der Waals surface area (Å²) in [7, 11) is 1.34. The molecule has 0 unspecified atom stereocenters. The normalized spacial score (nSPS) is 16.4. The molecule has 5 nitrogen and oxygen atoms in total. The number of nitrogens with zero attached hydrogens (tertiary/aromatic N) is 1. The van der Waals surface area contributed by atoms with Crippen molar-refractivity contribution in [3.63, 3.8) is 0 Å². The average molecular weight is 245 g/mol. The van der Waals surface area contributed by atoms with Gasteiger partial charge in [-0.3, -0.25) is 4.79 Å². The van der Waals surface area contributed by atoms with E-state index in [0.29, 0.717) is 6.42 Å². The van der Waals surface area contributed by atoms with Gasteiger partial charge in [0, 0.05) is 19.4 Å². The van der Waals surface area contributed by atoms with Crippen LogP contribution in [0.3, 0.4) is 0 Å². The third-order valence-corrected chi connectivity index (χ3v) is 3.08. The van der Waals surface area contributed by atoms with Crippen molar-refractivity contribution in [3.05, 3.63) is 0 Å². The maximum Gasteiger partial charge on any atom is 0.357 e. The highest BCUT2D eigenvalue weighted by Gasteiger charge is 2.47. The Bertz CT molecular complexity index is 290. The fourth-order valence-electron chi connectivity index (χ4n) is 1.65. The number of carbonyl (C=O) groups is 2. The Morgan fingerprint density at radius 2 is 1.76 bits per heavy atom. The molecule has 0 rings (SSSR count). The fourth-order valence-corrected chi connectivity index (χ4v) is 1.65. The van der Waals surface area contributed by atoms with Crippen LogP contribution >= 0.6 is 0 Å². The van der Waals surface area contributed by atoms with Gasteiger partial charge in [-0.1, -0.05) is 27.7 Å². The number of carboxylic acid groups (broad SMARTS) is 1. The average Bonchev–Trinajstić information content (AvgIpc) is 2.24. The zero-order chi connectivity index (χ0) is 13.8. The molecule has 0 aliphatic carbocycles. The first-order valence-electron chi connectivity index (χ1n) is 5.90. The molecule has 0 saturated heterocycles. The summed E-state index contributed by atoms with van der Waals surface area (Å²) in [6.45, 7) is 7.14. The van der Waals surface area contributed by atoms with Gasteiger partial charge in [0.25, 0.3) is 0 Å². The molecule has 2 N–H and O–H groups in total. The summed E-state index contributed by atoms with van der Waals surface area (Å²) >= 11 is 0. The first kappa shape index (κ1) is 15.9. The Kier molecular flexibility index (Phi) is 5.61. The van der Waals surface area contributed by atoms with Crippen LogP contribution in [0.15, 0.2) is 0 Å². The fraction of sp³-hybridized carbons (Fsp3) is 0.833. The summed E-state index contributed by atoms with van der Waals surface area (Å²) in [5, 5.41) is 19.4. The molecule has 100 valence electrons. The Labute approximate surface area is 102 Å². The van der Waals surface area contributed by atoms with Gasteiger partial charge in [-0.25, -0.2) is 4.79 Å². The molecule has 0 aliphatic heterocycles. The van der Waals surface area contributed by atoms with E-state index in [9.17, 15) is 14.7 Å². The highest BCUT2D eigenvalue weighted by molar-refractivity contribution is 5.85. The van der Waals surface area contributed by atoms with Gasteiger partial charge in [0.05, 0.1) is 0 Å². The van der Waals surface area contributed by atoms with Gasteiger partial charge in [-0.2, -0.15) is 0 Å². The summed E-state index contributed by atoms with van der Waals surface area (Å²) in [6, 6.07) is 0. The van der Waals surface area contributed by atoms with Crippen LogP contribution in [0.2, 0.25) is 0 Å². The van der Waals surface area contributed by atoms with E-state index in [1.54, 1.807) is 13.8 Å². The standard InChI is InChI=1S/C12H23NO4/c1-6-9(4)12(17,11(15)16)13(5)10(14)7-8(2)3/h8-9,17H,6-7H2,1-5H3,(H,15,16)/t9-,12+/m0/s1. The van der Waals surface area contributed by atoms with Crippen LogP contribution < -0.4 is 0 Å². The van der Waals surface area contributed by atoms with E-state index in [-0.39, 0.29) is 18.2 Å². The van der Waals surface area contributed by atoms with E-state index in [2.05, 4.69) is 0 Å². The highest BCUT2D eigenvalue weighted by atomic mass is 16.4. The number of hydrogen-bond donors (Lipinski definition) is 2. The molecule has 0 spiro atoms. The van der Waals surface area contributed by atoms with Crippen molar-refractivity contribution >= 4 is 11.9 Å². The Hall–Kier alpha value is -1.10. The lowest BCUT2D eigenvalue weighted by Gasteiger charge is -2.38. The van der Waals surface area contributed by atoms with E-state index in [0.717, 1.165) is 4.90 Å². The Morgan fingerprint density at radius 3 is 2.06 bits per heavy atom. The minimum atomic E-state index is -2.12. The van der Waals surface area contributed by atoms with Crippen molar-refractivity contribution in [1.29, 1.82) is 0 Å². The van der Waals surface area contributed by atoms with Crippen LogP contribution in [0.4, 0.5) is 0 Å². The zero-order valence-corrected chi connectivity index (χ0v) is 11.2. The van der Waals surface area contributed by atoms with E-state index >= 15 is 0 Å². The quantitative estimate of drug-likeness (QED) is 0.692. The predicted molar refractivity (Wildman–Crippen MR) is 64.3 cm³/mol. The molecule has 0 bridgehead atoms. The minimum Gasteiger partial charge on any atom is -0.478 e. The van der Waals surface area contributed by atoms with E-state index in [1.165, 1.54) is 7.05 Å². The summed E-state index contributed by atoms with van der Waals surface area (Å²) in [4.78, 5) is 24.0. The van der Waals surface area contributed by atoms with Crippen LogP contribution in [-0.4, -0.2) is 39.8 Å². The minimum absolute atomic E-state index is 0.125. The molecule has 5 heteroatoms. The molecular weight excluding hydrogens is 222 g/mol. The van der Waals surface area contributed by atoms with Crippen LogP contribution in [0.1, 0.15) is 40.5 Å². The molecule has 2 atom stereocenters. The first-order chi connectivity index (χ1) is 7.67. The Balaban J connectivity index is 5.07. The van der Waals surface area contributed by atoms with Crippen molar-refractivity contribution in [2.45, 2.75) is 46.3 Å². The molecule has 1 amide bonds. The van der Waals surface area contributed by atoms with Crippen molar-refractivity contribution < 1.29 is 19.8 Å². The van der Waals surface area contributed by atoms with Gasteiger partial charge in [-0.05, 0) is 12.3 Å². The number of carboxylic acids is 1.